The molecule has 4 N–H and O–H groups in total. The fraction of sp³-hybridized carbons (Fsp3) is 0.294. The highest BCUT2D eigenvalue weighted by atomic mass is 16.5. The maximum Gasteiger partial charge on any atom is 0.119 e. The first-order chi connectivity index (χ1) is 19.4. The quantitative estimate of drug-likeness (QED) is 0.164. The number of hydrogen-bond donors (Lipinski definition) is 4. The van der Waals surface area contributed by atoms with Crippen LogP contribution in [0.25, 0.3) is 0 Å². The van der Waals surface area contributed by atoms with E-state index in [0.29, 0.717) is 19.5 Å². The van der Waals surface area contributed by atoms with Crippen molar-refractivity contribution in [2.24, 2.45) is 0 Å². The molecule has 0 bridgehead atoms. The van der Waals surface area contributed by atoms with Crippen molar-refractivity contribution in [3.05, 3.63) is 126 Å². The number of rotatable bonds is 14. The molecule has 210 valence electrons. The van der Waals surface area contributed by atoms with E-state index in [1.54, 1.807) is 0 Å². The first-order valence-electron chi connectivity index (χ1n) is 13.8. The lowest BCUT2D eigenvalue weighted by molar-refractivity contribution is 0.0107. The lowest BCUT2D eigenvalue weighted by Crippen LogP contribution is -2.44. The lowest BCUT2D eigenvalue weighted by Gasteiger charge is -2.38. The molecule has 0 spiro atoms. The maximum atomic E-state index is 12.4. The molecule has 0 aliphatic rings. The summed E-state index contributed by atoms with van der Waals surface area (Å²) in [4.78, 5) is 2.23. The number of hydrogen-bond acceptors (Lipinski definition) is 6. The summed E-state index contributed by atoms with van der Waals surface area (Å²) >= 11 is 0. The Morgan fingerprint density at radius 2 is 1.25 bits per heavy atom. The molecule has 0 aliphatic carbocycles. The molecule has 6 nitrogen and oxygen atoms in total. The number of nitrogens with one attached hydrogen (secondary N) is 2. The second-order valence-corrected chi connectivity index (χ2v) is 10.3. The molecule has 0 fully saturated rings. The van der Waals surface area contributed by atoms with Gasteiger partial charge in [0.25, 0.3) is 0 Å². The number of nitrogens with zero attached hydrogens (tertiary/aromatic N) is 1. The van der Waals surface area contributed by atoms with Gasteiger partial charge in [-0.1, -0.05) is 72.8 Å². The molecular formula is C34H41N3O3. The van der Waals surface area contributed by atoms with Crippen molar-refractivity contribution in [3.8, 4) is 5.75 Å². The highest BCUT2D eigenvalue weighted by molar-refractivity contribution is 5.50. The van der Waals surface area contributed by atoms with Gasteiger partial charge in [0.05, 0.1) is 0 Å². The van der Waals surface area contributed by atoms with Gasteiger partial charge in [0.15, 0.2) is 0 Å². The maximum absolute atomic E-state index is 12.4. The number of aliphatic hydroxyl groups excluding tert-OH is 1. The summed E-state index contributed by atoms with van der Waals surface area (Å²) in [6.45, 7) is 3.33. The van der Waals surface area contributed by atoms with Crippen LogP contribution in [0.3, 0.4) is 0 Å². The van der Waals surface area contributed by atoms with Crippen LogP contribution in [0, 0.1) is 0 Å². The van der Waals surface area contributed by atoms with E-state index >= 15 is 0 Å². The topological polar surface area (TPSA) is 77.0 Å². The Bertz CT molecular complexity index is 1230. The van der Waals surface area contributed by atoms with Gasteiger partial charge in [-0.15, -0.1) is 0 Å². The van der Waals surface area contributed by atoms with Crippen LogP contribution in [0.2, 0.25) is 0 Å². The van der Waals surface area contributed by atoms with Crippen LogP contribution in [-0.2, 0) is 12.1 Å². The fourth-order valence-electron chi connectivity index (χ4n) is 5.04. The van der Waals surface area contributed by atoms with Gasteiger partial charge in [-0.2, -0.15) is 0 Å². The second kappa shape index (κ2) is 14.0. The van der Waals surface area contributed by atoms with E-state index in [2.05, 4.69) is 34.6 Å². The second-order valence-electron chi connectivity index (χ2n) is 10.3. The van der Waals surface area contributed by atoms with Crippen LogP contribution in [0.15, 0.2) is 109 Å². The summed E-state index contributed by atoms with van der Waals surface area (Å²) in [5, 5.41) is 29.7. The summed E-state index contributed by atoms with van der Waals surface area (Å²) in [5.41, 5.74) is 3.52. The van der Waals surface area contributed by atoms with Crippen molar-refractivity contribution in [2.45, 2.75) is 37.6 Å². The van der Waals surface area contributed by atoms with Crippen molar-refractivity contribution >= 4 is 11.4 Å². The molecule has 4 rings (SSSR count). The molecule has 0 saturated carbocycles. The molecule has 6 heteroatoms. The molecule has 2 atom stereocenters. The van der Waals surface area contributed by atoms with Crippen LogP contribution < -0.4 is 15.4 Å². The first-order valence-corrected chi connectivity index (χ1v) is 13.8. The van der Waals surface area contributed by atoms with Crippen molar-refractivity contribution in [1.82, 2.24) is 4.90 Å². The van der Waals surface area contributed by atoms with Crippen LogP contribution in [0.4, 0.5) is 11.4 Å². The number of benzene rings is 4. The van der Waals surface area contributed by atoms with Gasteiger partial charge in [-0.25, -0.2) is 0 Å². The standard InChI is InChI=1S/C34H41N3O3/c1-26(22-34(39,28-14-18-30(35-2)19-15-28)29-16-20-31(36-3)21-17-29)37(23-27-10-6-4-7-11-27)24-32(38)25-40-33-12-8-5-9-13-33/h4-21,26,32,35-36,38-39H,22-25H2,1-3H3/t26?,32-/m0/s1. The predicted molar refractivity (Wildman–Crippen MR) is 164 cm³/mol. The minimum Gasteiger partial charge on any atom is -0.491 e. The van der Waals surface area contributed by atoms with E-state index < -0.39 is 11.7 Å². The largest absolute Gasteiger partial charge is 0.491 e. The smallest absolute Gasteiger partial charge is 0.119 e. The molecule has 0 heterocycles. The summed E-state index contributed by atoms with van der Waals surface area (Å²) in [7, 11) is 3.77. The summed E-state index contributed by atoms with van der Waals surface area (Å²) in [5.74, 6) is 0.730. The molecule has 0 saturated heterocycles. The Labute approximate surface area is 238 Å². The zero-order valence-corrected chi connectivity index (χ0v) is 23.6. The number of ether oxygens (including phenoxy) is 1. The number of anilines is 2. The van der Waals surface area contributed by atoms with Gasteiger partial charge in [0.1, 0.15) is 24.1 Å². The van der Waals surface area contributed by atoms with E-state index in [-0.39, 0.29) is 12.6 Å². The lowest BCUT2D eigenvalue weighted by atomic mass is 9.81. The molecule has 0 aromatic heterocycles. The minimum atomic E-state index is -1.24. The summed E-state index contributed by atoms with van der Waals surface area (Å²) in [6.07, 6.45) is -0.270. The van der Waals surface area contributed by atoms with E-state index in [1.807, 2.05) is 111 Å². The van der Waals surface area contributed by atoms with Gasteiger partial charge in [-0.3, -0.25) is 4.90 Å². The van der Waals surface area contributed by atoms with Crippen molar-refractivity contribution < 1.29 is 14.9 Å². The zero-order valence-electron chi connectivity index (χ0n) is 23.6. The molecule has 0 aliphatic heterocycles. The zero-order chi connectivity index (χ0) is 28.4. The monoisotopic (exact) mass is 539 g/mol. The van der Waals surface area contributed by atoms with Gasteiger partial charge in [-0.05, 0) is 66.4 Å². The Morgan fingerprint density at radius 3 is 1.75 bits per heavy atom. The van der Waals surface area contributed by atoms with E-state index in [0.717, 1.165) is 33.8 Å². The Kier molecular flexibility index (Phi) is 10.2. The van der Waals surface area contributed by atoms with Crippen molar-refractivity contribution in [2.75, 3.05) is 37.9 Å². The summed E-state index contributed by atoms with van der Waals surface area (Å²) < 4.78 is 5.84. The molecule has 40 heavy (non-hydrogen) atoms. The molecule has 4 aromatic rings. The minimum absolute atomic E-state index is 0.0791. The predicted octanol–water partition coefficient (Wildman–Crippen LogP) is 5.73. The molecule has 4 aromatic carbocycles. The van der Waals surface area contributed by atoms with Crippen LogP contribution in [0.1, 0.15) is 30.0 Å². The molecule has 1 unspecified atom stereocenters. The third-order valence-electron chi connectivity index (χ3n) is 7.38. The van der Waals surface area contributed by atoms with Gasteiger partial charge >= 0.3 is 0 Å². The van der Waals surface area contributed by atoms with Crippen molar-refractivity contribution in [1.29, 1.82) is 0 Å². The normalized spacial score (nSPS) is 13.1. The van der Waals surface area contributed by atoms with E-state index in [9.17, 15) is 10.2 Å². The van der Waals surface area contributed by atoms with Crippen molar-refractivity contribution in [3.63, 3.8) is 0 Å². The van der Waals surface area contributed by atoms with Gasteiger partial charge < -0.3 is 25.6 Å². The Hall–Kier alpha value is -3.84. The Morgan fingerprint density at radius 1 is 0.750 bits per heavy atom. The van der Waals surface area contributed by atoms with Crippen LogP contribution in [0.5, 0.6) is 5.75 Å². The van der Waals surface area contributed by atoms with Gasteiger partial charge in [0, 0.05) is 44.6 Å². The SMILES string of the molecule is CNc1ccc(C(O)(CC(C)N(Cc2ccccc2)C[C@H](O)COc2ccccc2)c2ccc(NC)cc2)cc1. The third kappa shape index (κ3) is 7.63. The average Bonchev–Trinajstić information content (AvgIpc) is 3.00. The van der Waals surface area contributed by atoms with Gasteiger partial charge in [0.2, 0.25) is 0 Å². The molecule has 0 amide bonds. The number of aliphatic hydroxyl groups is 2. The Balaban J connectivity index is 1.60. The molecular weight excluding hydrogens is 498 g/mol. The van der Waals surface area contributed by atoms with E-state index in [4.69, 9.17) is 4.74 Å². The first kappa shape index (κ1) is 29.2. The molecule has 0 radical (unpaired) electrons. The summed E-state index contributed by atoms with van der Waals surface area (Å²) in [6, 6.07) is 35.6. The van der Waals surface area contributed by atoms with E-state index in [1.165, 1.54) is 0 Å². The average molecular weight is 540 g/mol. The van der Waals surface area contributed by atoms with Crippen LogP contribution in [-0.4, -0.2) is 54.5 Å². The highest BCUT2D eigenvalue weighted by Gasteiger charge is 2.35. The third-order valence-corrected chi connectivity index (χ3v) is 7.38. The van der Waals surface area contributed by atoms with Crippen LogP contribution >= 0.6 is 0 Å². The number of para-hydroxylation sites is 1. The highest BCUT2D eigenvalue weighted by Crippen LogP contribution is 2.36. The fourth-order valence-corrected chi connectivity index (χ4v) is 5.04.